The number of carbonyl (C=O) groups is 2. The largest absolute Gasteiger partial charge is 0.486 e. The van der Waals surface area contributed by atoms with Crippen LogP contribution in [0.3, 0.4) is 0 Å². The Labute approximate surface area is 152 Å². The quantitative estimate of drug-likeness (QED) is 0.803. The molecule has 0 bridgehead atoms. The van der Waals surface area contributed by atoms with Crippen LogP contribution in [0.5, 0.6) is 11.5 Å². The van der Waals surface area contributed by atoms with Crippen LogP contribution in [0.1, 0.15) is 13.3 Å². The van der Waals surface area contributed by atoms with Crippen molar-refractivity contribution in [1.29, 1.82) is 0 Å². The van der Waals surface area contributed by atoms with Crippen molar-refractivity contribution in [2.75, 3.05) is 43.1 Å². The highest BCUT2D eigenvalue weighted by atomic mass is 32.2. The van der Waals surface area contributed by atoms with Gasteiger partial charge in [0.15, 0.2) is 21.3 Å². The molecule has 1 fully saturated rings. The lowest BCUT2D eigenvalue weighted by molar-refractivity contribution is -0.137. The van der Waals surface area contributed by atoms with Gasteiger partial charge in [0.1, 0.15) is 13.2 Å². The summed E-state index contributed by atoms with van der Waals surface area (Å²) < 4.78 is 34.0. The predicted octanol–water partition coefficient (Wildman–Crippen LogP) is 0.680. The van der Waals surface area contributed by atoms with Crippen molar-refractivity contribution in [2.45, 2.75) is 13.3 Å². The second kappa shape index (κ2) is 7.53. The van der Waals surface area contributed by atoms with E-state index in [1.165, 1.54) is 4.90 Å². The van der Waals surface area contributed by atoms with Crippen LogP contribution in [-0.4, -0.2) is 62.9 Å². The molecule has 1 saturated heterocycles. The minimum Gasteiger partial charge on any atom is -0.486 e. The van der Waals surface area contributed by atoms with Crippen molar-refractivity contribution in [1.82, 2.24) is 4.90 Å². The van der Waals surface area contributed by atoms with Crippen molar-refractivity contribution in [3.63, 3.8) is 0 Å². The fraction of sp³-hybridized carbons (Fsp3) is 0.529. The number of benzene rings is 1. The second-order valence-corrected chi connectivity index (χ2v) is 8.59. The van der Waals surface area contributed by atoms with Gasteiger partial charge < -0.3 is 19.7 Å². The van der Waals surface area contributed by atoms with Crippen molar-refractivity contribution in [3.8, 4) is 11.5 Å². The van der Waals surface area contributed by atoms with Gasteiger partial charge in [-0.05, 0) is 25.5 Å². The van der Waals surface area contributed by atoms with Gasteiger partial charge in [-0.25, -0.2) is 8.42 Å². The molecule has 2 heterocycles. The number of fused-ring (bicyclic) bond motifs is 1. The zero-order chi connectivity index (χ0) is 18.7. The second-order valence-electron chi connectivity index (χ2n) is 6.36. The van der Waals surface area contributed by atoms with Gasteiger partial charge in [-0.15, -0.1) is 0 Å². The van der Waals surface area contributed by atoms with Crippen LogP contribution in [-0.2, 0) is 19.4 Å². The van der Waals surface area contributed by atoms with Crippen LogP contribution in [0.2, 0.25) is 0 Å². The molecular formula is C17H22N2O6S. The van der Waals surface area contributed by atoms with E-state index in [0.29, 0.717) is 43.4 Å². The Morgan fingerprint density at radius 3 is 2.62 bits per heavy atom. The van der Waals surface area contributed by atoms with Crippen molar-refractivity contribution in [2.24, 2.45) is 5.92 Å². The van der Waals surface area contributed by atoms with E-state index in [4.69, 9.17) is 9.47 Å². The number of rotatable bonds is 5. The van der Waals surface area contributed by atoms with Gasteiger partial charge in [-0.2, -0.15) is 0 Å². The maximum atomic E-state index is 12.5. The summed E-state index contributed by atoms with van der Waals surface area (Å²) in [6.07, 6.45) is 0.321. The summed E-state index contributed by atoms with van der Waals surface area (Å²) in [4.78, 5) is 26.2. The summed E-state index contributed by atoms with van der Waals surface area (Å²) in [5.74, 6) is -0.0995. The number of nitrogens with zero attached hydrogens (tertiary/aromatic N) is 1. The normalized spacial score (nSPS) is 20.4. The SMILES string of the molecule is CCN(CC(=O)Nc1ccc2c(c1)OCCO2)C(=O)C1CCS(=O)(=O)C1. The third kappa shape index (κ3) is 4.27. The zero-order valence-corrected chi connectivity index (χ0v) is 15.4. The first kappa shape index (κ1) is 18.5. The Hall–Kier alpha value is -2.29. The summed E-state index contributed by atoms with van der Waals surface area (Å²) >= 11 is 0. The van der Waals surface area contributed by atoms with Gasteiger partial charge in [0.25, 0.3) is 0 Å². The van der Waals surface area contributed by atoms with E-state index < -0.39 is 15.8 Å². The molecule has 2 amide bonds. The van der Waals surface area contributed by atoms with Crippen LogP contribution in [0, 0.1) is 5.92 Å². The zero-order valence-electron chi connectivity index (χ0n) is 14.6. The van der Waals surface area contributed by atoms with Gasteiger partial charge >= 0.3 is 0 Å². The minimum absolute atomic E-state index is 0.0321. The topological polar surface area (TPSA) is 102 Å². The van der Waals surface area contributed by atoms with Crippen LogP contribution in [0.4, 0.5) is 5.69 Å². The molecular weight excluding hydrogens is 360 g/mol. The molecule has 9 heteroatoms. The van der Waals surface area contributed by atoms with Gasteiger partial charge in [0, 0.05) is 18.3 Å². The highest BCUT2D eigenvalue weighted by Crippen LogP contribution is 2.32. The lowest BCUT2D eigenvalue weighted by Gasteiger charge is -2.23. The van der Waals surface area contributed by atoms with Gasteiger partial charge in [0.05, 0.1) is 24.0 Å². The summed E-state index contributed by atoms with van der Waals surface area (Å²) in [7, 11) is -3.14. The lowest BCUT2D eigenvalue weighted by atomic mass is 10.1. The van der Waals surface area contributed by atoms with Crippen molar-refractivity contribution >= 4 is 27.3 Å². The molecule has 0 radical (unpaired) electrons. The molecule has 2 aliphatic rings. The Kier molecular flexibility index (Phi) is 5.36. The van der Waals surface area contributed by atoms with Crippen LogP contribution >= 0.6 is 0 Å². The summed E-state index contributed by atoms with van der Waals surface area (Å²) in [6, 6.07) is 5.09. The van der Waals surface area contributed by atoms with Gasteiger partial charge in [-0.1, -0.05) is 0 Å². The highest BCUT2D eigenvalue weighted by molar-refractivity contribution is 7.91. The third-order valence-corrected chi connectivity index (χ3v) is 6.20. The van der Waals surface area contributed by atoms with Crippen LogP contribution in [0.15, 0.2) is 18.2 Å². The molecule has 1 aromatic rings. The number of carbonyl (C=O) groups excluding carboxylic acids is 2. The van der Waals surface area contributed by atoms with Crippen LogP contribution in [0.25, 0.3) is 0 Å². The first-order valence-electron chi connectivity index (χ1n) is 8.56. The highest BCUT2D eigenvalue weighted by Gasteiger charge is 2.35. The maximum absolute atomic E-state index is 12.5. The van der Waals surface area contributed by atoms with Crippen molar-refractivity contribution < 1.29 is 27.5 Å². The average Bonchev–Trinajstić information content (AvgIpc) is 2.99. The Balaban J connectivity index is 1.60. The Bertz CT molecular complexity index is 807. The third-order valence-electron chi connectivity index (χ3n) is 4.44. The first-order chi connectivity index (χ1) is 12.4. The monoisotopic (exact) mass is 382 g/mol. The number of hydrogen-bond acceptors (Lipinski definition) is 6. The molecule has 3 rings (SSSR count). The number of ether oxygens (including phenoxy) is 2. The average molecular weight is 382 g/mol. The number of likely N-dealkylation sites (N-methyl/N-ethyl adjacent to an activating group) is 1. The van der Waals surface area contributed by atoms with E-state index in [0.717, 1.165) is 0 Å². The van der Waals surface area contributed by atoms with Gasteiger partial charge in [-0.3, -0.25) is 9.59 Å². The fourth-order valence-corrected chi connectivity index (χ4v) is 4.82. The van der Waals surface area contributed by atoms with E-state index in [9.17, 15) is 18.0 Å². The number of sulfone groups is 1. The molecule has 1 aromatic carbocycles. The molecule has 26 heavy (non-hydrogen) atoms. The first-order valence-corrected chi connectivity index (χ1v) is 10.4. The fourth-order valence-electron chi connectivity index (χ4n) is 3.09. The molecule has 1 atom stereocenters. The Morgan fingerprint density at radius 2 is 1.96 bits per heavy atom. The molecule has 0 spiro atoms. The molecule has 1 N–H and O–H groups in total. The number of anilines is 1. The van der Waals surface area contributed by atoms with E-state index in [1.54, 1.807) is 25.1 Å². The van der Waals surface area contributed by atoms with E-state index >= 15 is 0 Å². The van der Waals surface area contributed by atoms with E-state index in [2.05, 4.69) is 5.32 Å². The molecule has 0 aromatic heterocycles. The molecule has 0 saturated carbocycles. The minimum atomic E-state index is -3.14. The van der Waals surface area contributed by atoms with E-state index in [-0.39, 0.29) is 29.9 Å². The smallest absolute Gasteiger partial charge is 0.243 e. The standard InChI is InChI=1S/C17H22N2O6S/c1-2-19(17(21)12-5-8-26(22,23)11-12)10-16(20)18-13-3-4-14-15(9-13)25-7-6-24-14/h3-4,9,12H,2,5-8,10-11H2,1H3,(H,18,20). The molecule has 2 aliphatic heterocycles. The van der Waals surface area contributed by atoms with Crippen LogP contribution < -0.4 is 14.8 Å². The van der Waals surface area contributed by atoms with E-state index in [1.807, 2.05) is 0 Å². The number of amides is 2. The number of nitrogens with one attached hydrogen (secondary N) is 1. The summed E-state index contributed by atoms with van der Waals surface area (Å²) in [5, 5.41) is 2.73. The lowest BCUT2D eigenvalue weighted by Crippen LogP contribution is -2.41. The molecule has 0 aliphatic carbocycles. The van der Waals surface area contributed by atoms with Crippen molar-refractivity contribution in [3.05, 3.63) is 18.2 Å². The summed E-state index contributed by atoms with van der Waals surface area (Å²) in [6.45, 7) is 2.92. The molecule has 8 nitrogen and oxygen atoms in total. The molecule has 142 valence electrons. The molecule has 1 unspecified atom stereocenters. The predicted molar refractivity (Wildman–Crippen MR) is 95.1 cm³/mol. The Morgan fingerprint density at radius 1 is 1.23 bits per heavy atom. The maximum Gasteiger partial charge on any atom is 0.243 e. The summed E-state index contributed by atoms with van der Waals surface area (Å²) in [5.41, 5.74) is 0.547. The van der Waals surface area contributed by atoms with Gasteiger partial charge in [0.2, 0.25) is 11.8 Å². The number of hydrogen-bond donors (Lipinski definition) is 1.